The summed E-state index contributed by atoms with van der Waals surface area (Å²) in [5, 5.41) is 3.39. The van der Waals surface area contributed by atoms with Crippen molar-refractivity contribution in [2.45, 2.75) is 39.0 Å². The Balaban J connectivity index is 1.68. The molecule has 0 atom stereocenters. The van der Waals surface area contributed by atoms with Crippen molar-refractivity contribution < 1.29 is 9.13 Å². The zero-order chi connectivity index (χ0) is 14.7. The summed E-state index contributed by atoms with van der Waals surface area (Å²) in [6.45, 7) is 3.08. The molecule has 0 bridgehead atoms. The molecule has 0 spiro atoms. The summed E-state index contributed by atoms with van der Waals surface area (Å²) < 4.78 is 19.2. The monoisotopic (exact) mass is 286 g/mol. The van der Waals surface area contributed by atoms with E-state index in [0.717, 1.165) is 22.4 Å². The Bertz CT molecular complexity index is 626. The van der Waals surface area contributed by atoms with Crippen molar-refractivity contribution in [2.75, 3.05) is 0 Å². The van der Waals surface area contributed by atoms with Crippen LogP contribution in [-0.4, -0.2) is 11.0 Å². The van der Waals surface area contributed by atoms with Gasteiger partial charge in [-0.2, -0.15) is 0 Å². The molecule has 0 amide bonds. The molecule has 1 aromatic carbocycles. The highest BCUT2D eigenvalue weighted by atomic mass is 19.1. The summed E-state index contributed by atoms with van der Waals surface area (Å²) >= 11 is 0. The quantitative estimate of drug-likeness (QED) is 0.884. The topological polar surface area (TPSA) is 34.1 Å². The average molecular weight is 286 g/mol. The van der Waals surface area contributed by atoms with Gasteiger partial charge < -0.3 is 10.1 Å². The SMILES string of the molecule is Cc1cncc(COc2ccc(F)cc2CNC2CC2)c1. The van der Waals surface area contributed by atoms with E-state index >= 15 is 0 Å². The molecular weight excluding hydrogens is 267 g/mol. The van der Waals surface area contributed by atoms with Crippen LogP contribution >= 0.6 is 0 Å². The highest BCUT2D eigenvalue weighted by molar-refractivity contribution is 5.34. The lowest BCUT2D eigenvalue weighted by Crippen LogP contribution is -2.16. The van der Waals surface area contributed by atoms with Gasteiger partial charge in [-0.05, 0) is 49.6 Å². The van der Waals surface area contributed by atoms with Crippen molar-refractivity contribution in [3.8, 4) is 5.75 Å². The minimum atomic E-state index is -0.229. The fourth-order valence-electron chi connectivity index (χ4n) is 2.23. The second-order valence-electron chi connectivity index (χ2n) is 5.57. The van der Waals surface area contributed by atoms with Gasteiger partial charge >= 0.3 is 0 Å². The molecule has 1 saturated carbocycles. The van der Waals surface area contributed by atoms with Gasteiger partial charge in [-0.1, -0.05) is 0 Å². The van der Waals surface area contributed by atoms with E-state index in [1.807, 2.05) is 19.2 Å². The van der Waals surface area contributed by atoms with Crippen LogP contribution < -0.4 is 10.1 Å². The molecule has 3 nitrogen and oxygen atoms in total. The van der Waals surface area contributed by atoms with Crippen LogP contribution in [0.1, 0.15) is 29.5 Å². The van der Waals surface area contributed by atoms with Crippen LogP contribution in [0.25, 0.3) is 0 Å². The van der Waals surface area contributed by atoms with Gasteiger partial charge in [0.15, 0.2) is 0 Å². The van der Waals surface area contributed by atoms with Gasteiger partial charge in [0.05, 0.1) is 0 Å². The van der Waals surface area contributed by atoms with Crippen molar-refractivity contribution in [3.63, 3.8) is 0 Å². The van der Waals surface area contributed by atoms with E-state index in [4.69, 9.17) is 4.74 Å². The Morgan fingerprint density at radius 1 is 1.29 bits per heavy atom. The molecule has 0 aliphatic heterocycles. The first-order chi connectivity index (χ1) is 10.2. The molecule has 110 valence electrons. The highest BCUT2D eigenvalue weighted by Crippen LogP contribution is 2.24. The van der Waals surface area contributed by atoms with Gasteiger partial charge in [-0.25, -0.2) is 4.39 Å². The Morgan fingerprint density at radius 3 is 2.90 bits per heavy atom. The van der Waals surface area contributed by atoms with E-state index in [1.54, 1.807) is 18.3 Å². The van der Waals surface area contributed by atoms with E-state index in [0.29, 0.717) is 19.2 Å². The zero-order valence-electron chi connectivity index (χ0n) is 12.1. The van der Waals surface area contributed by atoms with Crippen LogP contribution in [0, 0.1) is 12.7 Å². The fraction of sp³-hybridized carbons (Fsp3) is 0.353. The standard InChI is InChI=1S/C17H19FN2O/c1-12-6-13(9-19-8-12)11-21-17-5-2-15(18)7-14(17)10-20-16-3-4-16/h2,5-9,16,20H,3-4,10-11H2,1H3. The smallest absolute Gasteiger partial charge is 0.124 e. The number of ether oxygens (including phenoxy) is 1. The highest BCUT2D eigenvalue weighted by Gasteiger charge is 2.20. The number of nitrogens with one attached hydrogen (secondary N) is 1. The largest absolute Gasteiger partial charge is 0.489 e. The normalized spacial score (nSPS) is 14.2. The number of hydrogen-bond acceptors (Lipinski definition) is 3. The minimum Gasteiger partial charge on any atom is -0.489 e. The third-order valence-electron chi connectivity index (χ3n) is 3.51. The number of hydrogen-bond donors (Lipinski definition) is 1. The Hall–Kier alpha value is -1.94. The van der Waals surface area contributed by atoms with Gasteiger partial charge in [0, 0.05) is 36.1 Å². The molecule has 21 heavy (non-hydrogen) atoms. The van der Waals surface area contributed by atoms with Crippen molar-refractivity contribution in [3.05, 3.63) is 59.2 Å². The first kappa shape index (κ1) is 14.0. The van der Waals surface area contributed by atoms with Gasteiger partial charge in [-0.15, -0.1) is 0 Å². The molecule has 1 N–H and O–H groups in total. The lowest BCUT2D eigenvalue weighted by Gasteiger charge is -2.12. The third kappa shape index (κ3) is 4.02. The molecule has 0 unspecified atom stereocenters. The summed E-state index contributed by atoms with van der Waals surface area (Å²) in [5.41, 5.74) is 2.98. The number of pyridine rings is 1. The van der Waals surface area contributed by atoms with Crippen LogP contribution in [-0.2, 0) is 13.2 Å². The van der Waals surface area contributed by atoms with E-state index in [9.17, 15) is 4.39 Å². The first-order valence-corrected chi connectivity index (χ1v) is 7.26. The van der Waals surface area contributed by atoms with E-state index < -0.39 is 0 Å². The summed E-state index contributed by atoms with van der Waals surface area (Å²) in [4.78, 5) is 4.15. The molecule has 4 heteroatoms. The predicted octanol–water partition coefficient (Wildman–Crippen LogP) is 3.36. The van der Waals surface area contributed by atoms with Crippen molar-refractivity contribution in [1.29, 1.82) is 0 Å². The maximum absolute atomic E-state index is 13.4. The molecule has 1 aliphatic rings. The van der Waals surface area contributed by atoms with Gasteiger partial charge in [0.2, 0.25) is 0 Å². The molecule has 1 fully saturated rings. The Labute approximate surface area is 124 Å². The molecular formula is C17H19FN2O. The second kappa shape index (κ2) is 6.22. The molecule has 0 saturated heterocycles. The number of aromatic nitrogens is 1. The number of halogens is 1. The van der Waals surface area contributed by atoms with Crippen LogP contribution in [0.4, 0.5) is 4.39 Å². The van der Waals surface area contributed by atoms with Gasteiger partial charge in [-0.3, -0.25) is 4.98 Å². The summed E-state index contributed by atoms with van der Waals surface area (Å²) in [5.74, 6) is 0.498. The van der Waals surface area contributed by atoms with Crippen molar-refractivity contribution in [1.82, 2.24) is 10.3 Å². The third-order valence-corrected chi connectivity index (χ3v) is 3.51. The number of benzene rings is 1. The van der Waals surface area contributed by atoms with Gasteiger partial charge in [0.25, 0.3) is 0 Å². The Morgan fingerprint density at radius 2 is 2.14 bits per heavy atom. The zero-order valence-corrected chi connectivity index (χ0v) is 12.1. The minimum absolute atomic E-state index is 0.229. The van der Waals surface area contributed by atoms with E-state index in [2.05, 4.69) is 10.3 Å². The predicted molar refractivity (Wildman–Crippen MR) is 79.6 cm³/mol. The number of nitrogens with zero attached hydrogens (tertiary/aromatic N) is 1. The summed E-state index contributed by atoms with van der Waals surface area (Å²) in [7, 11) is 0. The van der Waals surface area contributed by atoms with Crippen LogP contribution in [0.15, 0.2) is 36.7 Å². The molecule has 3 rings (SSSR count). The fourth-order valence-corrected chi connectivity index (χ4v) is 2.23. The number of aryl methyl sites for hydroxylation is 1. The molecule has 1 aromatic heterocycles. The number of rotatable bonds is 6. The molecule has 0 radical (unpaired) electrons. The molecule has 1 heterocycles. The maximum Gasteiger partial charge on any atom is 0.124 e. The van der Waals surface area contributed by atoms with Crippen molar-refractivity contribution in [2.24, 2.45) is 0 Å². The lowest BCUT2D eigenvalue weighted by molar-refractivity contribution is 0.301. The van der Waals surface area contributed by atoms with Crippen LogP contribution in [0.5, 0.6) is 5.75 Å². The molecule has 2 aromatic rings. The summed E-state index contributed by atoms with van der Waals surface area (Å²) in [6, 6.07) is 7.30. The van der Waals surface area contributed by atoms with E-state index in [1.165, 1.54) is 18.9 Å². The first-order valence-electron chi connectivity index (χ1n) is 7.26. The van der Waals surface area contributed by atoms with E-state index in [-0.39, 0.29) is 5.82 Å². The van der Waals surface area contributed by atoms with Crippen LogP contribution in [0.3, 0.4) is 0 Å². The molecule has 1 aliphatic carbocycles. The summed E-state index contributed by atoms with van der Waals surface area (Å²) in [6.07, 6.45) is 6.02. The Kier molecular flexibility index (Phi) is 4.15. The average Bonchev–Trinajstić information content (AvgIpc) is 3.28. The lowest BCUT2D eigenvalue weighted by atomic mass is 10.2. The van der Waals surface area contributed by atoms with Crippen molar-refractivity contribution >= 4 is 0 Å². The maximum atomic E-state index is 13.4. The van der Waals surface area contributed by atoms with Crippen LogP contribution in [0.2, 0.25) is 0 Å². The second-order valence-corrected chi connectivity index (χ2v) is 5.57. The van der Waals surface area contributed by atoms with Gasteiger partial charge in [0.1, 0.15) is 18.2 Å².